The van der Waals surface area contributed by atoms with Crippen LogP contribution in [0.25, 0.3) is 16.9 Å². The second-order valence-corrected chi connectivity index (χ2v) is 4.58. The molecule has 3 rings (SSSR count). The topological polar surface area (TPSA) is 17.3 Å². The molecule has 17 heavy (non-hydrogen) atoms. The molecular formula is C13H8BrFN2. The summed E-state index contributed by atoms with van der Waals surface area (Å²) < 4.78 is 16.0. The molecule has 2 heterocycles. The predicted molar refractivity (Wildman–Crippen MR) is 68.3 cm³/mol. The van der Waals surface area contributed by atoms with E-state index in [2.05, 4.69) is 20.9 Å². The number of fused-ring (bicyclic) bond motifs is 1. The first-order valence-electron chi connectivity index (χ1n) is 5.13. The second kappa shape index (κ2) is 3.96. The molecule has 0 N–H and O–H groups in total. The quantitative estimate of drug-likeness (QED) is 0.664. The van der Waals surface area contributed by atoms with Gasteiger partial charge in [0.2, 0.25) is 0 Å². The fourth-order valence-electron chi connectivity index (χ4n) is 1.77. The van der Waals surface area contributed by atoms with Gasteiger partial charge in [-0.05, 0) is 40.2 Å². The molecule has 84 valence electrons. The SMILES string of the molecule is Fc1cccc(-c2cn3cccc(Br)c3n2)c1. The van der Waals surface area contributed by atoms with Crippen LogP contribution in [0.5, 0.6) is 0 Å². The Morgan fingerprint density at radius 2 is 2.06 bits per heavy atom. The van der Waals surface area contributed by atoms with Crippen LogP contribution in [-0.2, 0) is 0 Å². The standard InChI is InChI=1S/C13H8BrFN2/c14-11-5-2-6-17-8-12(16-13(11)17)9-3-1-4-10(15)7-9/h1-8H. The average Bonchev–Trinajstić information content (AvgIpc) is 2.74. The highest BCUT2D eigenvalue weighted by Crippen LogP contribution is 2.23. The van der Waals surface area contributed by atoms with Gasteiger partial charge in [0.05, 0.1) is 10.2 Å². The van der Waals surface area contributed by atoms with Crippen molar-refractivity contribution in [1.29, 1.82) is 0 Å². The number of benzene rings is 1. The van der Waals surface area contributed by atoms with Crippen LogP contribution < -0.4 is 0 Å². The lowest BCUT2D eigenvalue weighted by Gasteiger charge is -1.94. The van der Waals surface area contributed by atoms with E-state index in [1.165, 1.54) is 12.1 Å². The summed E-state index contributed by atoms with van der Waals surface area (Å²) >= 11 is 3.44. The monoisotopic (exact) mass is 290 g/mol. The number of halogens is 2. The minimum atomic E-state index is -0.251. The zero-order valence-electron chi connectivity index (χ0n) is 8.77. The van der Waals surface area contributed by atoms with Gasteiger partial charge in [-0.3, -0.25) is 0 Å². The second-order valence-electron chi connectivity index (χ2n) is 3.72. The maximum Gasteiger partial charge on any atom is 0.151 e. The summed E-state index contributed by atoms with van der Waals surface area (Å²) in [6.45, 7) is 0. The smallest absolute Gasteiger partial charge is 0.151 e. The van der Waals surface area contributed by atoms with Crippen molar-refractivity contribution in [3.63, 3.8) is 0 Å². The Kier molecular flexibility index (Phi) is 2.44. The summed E-state index contributed by atoms with van der Waals surface area (Å²) in [5.74, 6) is -0.251. The lowest BCUT2D eigenvalue weighted by molar-refractivity contribution is 0.628. The Morgan fingerprint density at radius 3 is 2.82 bits per heavy atom. The summed E-state index contributed by atoms with van der Waals surface area (Å²) in [5, 5.41) is 0. The third kappa shape index (κ3) is 1.85. The van der Waals surface area contributed by atoms with Crippen LogP contribution in [0, 0.1) is 5.82 Å². The van der Waals surface area contributed by atoms with E-state index in [1.54, 1.807) is 6.07 Å². The Labute approximate surface area is 106 Å². The van der Waals surface area contributed by atoms with Crippen molar-refractivity contribution in [3.8, 4) is 11.3 Å². The molecule has 0 saturated heterocycles. The van der Waals surface area contributed by atoms with E-state index in [-0.39, 0.29) is 5.82 Å². The molecule has 2 aromatic heterocycles. The number of aromatic nitrogens is 2. The Hall–Kier alpha value is -1.68. The van der Waals surface area contributed by atoms with E-state index in [0.29, 0.717) is 0 Å². The van der Waals surface area contributed by atoms with Crippen LogP contribution in [0.1, 0.15) is 0 Å². The lowest BCUT2D eigenvalue weighted by Crippen LogP contribution is -1.81. The summed E-state index contributed by atoms with van der Waals surface area (Å²) in [7, 11) is 0. The molecule has 2 nitrogen and oxygen atoms in total. The molecule has 1 aromatic carbocycles. The zero-order valence-corrected chi connectivity index (χ0v) is 10.4. The van der Waals surface area contributed by atoms with Gasteiger partial charge in [-0.1, -0.05) is 12.1 Å². The molecular weight excluding hydrogens is 283 g/mol. The normalized spacial score (nSPS) is 10.9. The molecule has 0 aliphatic heterocycles. The van der Waals surface area contributed by atoms with Gasteiger partial charge < -0.3 is 4.40 Å². The number of hydrogen-bond donors (Lipinski definition) is 0. The van der Waals surface area contributed by atoms with Gasteiger partial charge in [-0.2, -0.15) is 0 Å². The summed E-state index contributed by atoms with van der Waals surface area (Å²) in [6, 6.07) is 10.3. The zero-order chi connectivity index (χ0) is 11.8. The fourth-order valence-corrected chi connectivity index (χ4v) is 2.21. The third-order valence-electron chi connectivity index (χ3n) is 2.56. The lowest BCUT2D eigenvalue weighted by atomic mass is 10.2. The van der Waals surface area contributed by atoms with Crippen LogP contribution in [0.3, 0.4) is 0 Å². The van der Waals surface area contributed by atoms with Crippen molar-refractivity contribution in [2.24, 2.45) is 0 Å². The van der Waals surface area contributed by atoms with Gasteiger partial charge in [0.1, 0.15) is 5.82 Å². The van der Waals surface area contributed by atoms with Crippen LogP contribution in [0.15, 0.2) is 53.3 Å². The van der Waals surface area contributed by atoms with Gasteiger partial charge in [0.25, 0.3) is 0 Å². The van der Waals surface area contributed by atoms with Crippen molar-refractivity contribution in [2.45, 2.75) is 0 Å². The molecule has 3 aromatic rings. The van der Waals surface area contributed by atoms with E-state index >= 15 is 0 Å². The molecule has 0 unspecified atom stereocenters. The number of imidazole rings is 1. The molecule has 4 heteroatoms. The predicted octanol–water partition coefficient (Wildman–Crippen LogP) is 3.90. The Morgan fingerprint density at radius 1 is 1.18 bits per heavy atom. The highest BCUT2D eigenvalue weighted by Gasteiger charge is 2.06. The molecule has 0 aliphatic rings. The first-order chi connectivity index (χ1) is 8.24. The Balaban J connectivity index is 2.22. The number of hydrogen-bond acceptors (Lipinski definition) is 1. The van der Waals surface area contributed by atoms with Gasteiger partial charge >= 0.3 is 0 Å². The van der Waals surface area contributed by atoms with Crippen molar-refractivity contribution in [3.05, 3.63) is 59.1 Å². The molecule has 0 atom stereocenters. The highest BCUT2D eigenvalue weighted by atomic mass is 79.9. The van der Waals surface area contributed by atoms with Crippen LogP contribution in [-0.4, -0.2) is 9.38 Å². The molecule has 0 fully saturated rings. The minimum Gasteiger partial charge on any atom is -0.306 e. The summed E-state index contributed by atoms with van der Waals surface area (Å²) in [6.07, 6.45) is 3.80. The largest absolute Gasteiger partial charge is 0.306 e. The Bertz CT molecular complexity index is 691. The van der Waals surface area contributed by atoms with E-state index in [1.807, 2.05) is 35.0 Å². The summed E-state index contributed by atoms with van der Waals surface area (Å²) in [5.41, 5.74) is 2.36. The van der Waals surface area contributed by atoms with Crippen molar-refractivity contribution >= 4 is 21.6 Å². The van der Waals surface area contributed by atoms with Crippen LogP contribution in [0.4, 0.5) is 4.39 Å². The van der Waals surface area contributed by atoms with Crippen molar-refractivity contribution in [1.82, 2.24) is 9.38 Å². The third-order valence-corrected chi connectivity index (χ3v) is 3.17. The first kappa shape index (κ1) is 10.5. The number of nitrogens with zero attached hydrogens (tertiary/aromatic N) is 2. The highest BCUT2D eigenvalue weighted by molar-refractivity contribution is 9.10. The van der Waals surface area contributed by atoms with Crippen molar-refractivity contribution < 1.29 is 4.39 Å². The molecule has 0 spiro atoms. The van der Waals surface area contributed by atoms with Crippen LogP contribution in [0.2, 0.25) is 0 Å². The van der Waals surface area contributed by atoms with Crippen molar-refractivity contribution in [2.75, 3.05) is 0 Å². The maximum atomic E-state index is 13.1. The summed E-state index contributed by atoms with van der Waals surface area (Å²) in [4.78, 5) is 4.47. The van der Waals surface area contributed by atoms with E-state index in [0.717, 1.165) is 21.4 Å². The van der Waals surface area contributed by atoms with Crippen LogP contribution >= 0.6 is 15.9 Å². The fraction of sp³-hybridized carbons (Fsp3) is 0. The molecule has 0 bridgehead atoms. The molecule has 0 saturated carbocycles. The average molecular weight is 291 g/mol. The van der Waals surface area contributed by atoms with Gasteiger partial charge in [-0.15, -0.1) is 0 Å². The minimum absolute atomic E-state index is 0.251. The van der Waals surface area contributed by atoms with Gasteiger partial charge in [0, 0.05) is 18.0 Å². The van der Waals surface area contributed by atoms with E-state index in [4.69, 9.17) is 0 Å². The van der Waals surface area contributed by atoms with E-state index < -0.39 is 0 Å². The number of pyridine rings is 1. The first-order valence-corrected chi connectivity index (χ1v) is 5.92. The maximum absolute atomic E-state index is 13.1. The molecule has 0 aliphatic carbocycles. The molecule has 0 radical (unpaired) electrons. The molecule has 0 amide bonds. The van der Waals surface area contributed by atoms with E-state index in [9.17, 15) is 4.39 Å². The number of rotatable bonds is 1. The van der Waals surface area contributed by atoms with Gasteiger partial charge in [-0.25, -0.2) is 9.37 Å². The van der Waals surface area contributed by atoms with Gasteiger partial charge in [0.15, 0.2) is 5.65 Å².